The lowest BCUT2D eigenvalue weighted by Crippen LogP contribution is -2.48. The molecule has 0 aromatic rings. The van der Waals surface area contributed by atoms with Crippen molar-refractivity contribution in [3.8, 4) is 0 Å². The van der Waals surface area contributed by atoms with Crippen molar-refractivity contribution >= 4 is 11.9 Å². The first-order valence-electron chi connectivity index (χ1n) is 9.36. The van der Waals surface area contributed by atoms with Crippen LogP contribution in [0.15, 0.2) is 0 Å². The van der Waals surface area contributed by atoms with Gasteiger partial charge in [-0.2, -0.15) is 26.3 Å². The second kappa shape index (κ2) is 9.12. The van der Waals surface area contributed by atoms with E-state index in [1.165, 1.54) is 13.8 Å². The molecule has 0 heterocycles. The molecule has 0 aromatic heterocycles. The molecule has 0 saturated heterocycles. The van der Waals surface area contributed by atoms with Crippen molar-refractivity contribution in [2.24, 2.45) is 10.8 Å². The maximum Gasteiger partial charge on any atom is 0.434 e. The quantitative estimate of drug-likeness (QED) is 0.330. The van der Waals surface area contributed by atoms with Crippen LogP contribution >= 0.6 is 0 Å². The molecule has 0 fully saturated rings. The fourth-order valence-electron chi connectivity index (χ4n) is 2.66. The van der Waals surface area contributed by atoms with Crippen LogP contribution in [0.5, 0.6) is 0 Å². The summed E-state index contributed by atoms with van der Waals surface area (Å²) in [5.41, 5.74) is -3.08. The Morgan fingerprint density at radius 3 is 1.55 bits per heavy atom. The molecule has 0 aliphatic rings. The van der Waals surface area contributed by atoms with Gasteiger partial charge in [0.1, 0.15) is 5.60 Å². The minimum Gasteiger partial charge on any atom is -0.458 e. The SMILES string of the molecule is CCC(C)(CC(=O)OC(C(F)(F)F)C(F)(F)F)OC(=O)C(C)(CC)C(C)(C)CC. The summed E-state index contributed by atoms with van der Waals surface area (Å²) < 4.78 is 84.7. The van der Waals surface area contributed by atoms with E-state index in [1.54, 1.807) is 13.8 Å². The molecule has 10 heteroatoms. The van der Waals surface area contributed by atoms with Crippen molar-refractivity contribution < 1.29 is 45.4 Å². The highest BCUT2D eigenvalue weighted by Crippen LogP contribution is 2.46. The Bertz CT molecular complexity index is 570. The third kappa shape index (κ3) is 6.77. The molecule has 0 aliphatic carbocycles. The fourth-order valence-corrected chi connectivity index (χ4v) is 2.66. The van der Waals surface area contributed by atoms with Crippen molar-refractivity contribution in [2.75, 3.05) is 0 Å². The fraction of sp³-hybridized carbons (Fsp3) is 0.895. The highest BCUT2D eigenvalue weighted by atomic mass is 19.4. The topological polar surface area (TPSA) is 52.6 Å². The Morgan fingerprint density at radius 1 is 0.793 bits per heavy atom. The molecule has 172 valence electrons. The van der Waals surface area contributed by atoms with Crippen LogP contribution in [0, 0.1) is 10.8 Å². The van der Waals surface area contributed by atoms with Crippen molar-refractivity contribution in [3.63, 3.8) is 0 Å². The van der Waals surface area contributed by atoms with Crippen molar-refractivity contribution in [1.29, 1.82) is 0 Å². The molecule has 0 aliphatic heterocycles. The molecule has 0 saturated carbocycles. The molecule has 0 spiro atoms. The Balaban J connectivity index is 5.53. The summed E-state index contributed by atoms with van der Waals surface area (Å²) in [6.07, 6.45) is -15.8. The predicted octanol–water partition coefficient (Wildman–Crippen LogP) is 5.98. The van der Waals surface area contributed by atoms with E-state index in [2.05, 4.69) is 4.74 Å². The first kappa shape index (κ1) is 27.5. The maximum absolute atomic E-state index is 12.9. The summed E-state index contributed by atoms with van der Waals surface area (Å²) in [5, 5.41) is 0. The van der Waals surface area contributed by atoms with E-state index >= 15 is 0 Å². The van der Waals surface area contributed by atoms with Gasteiger partial charge in [0.2, 0.25) is 0 Å². The molecule has 0 radical (unpaired) electrons. The van der Waals surface area contributed by atoms with Crippen LogP contribution in [-0.4, -0.2) is 36.0 Å². The number of carbonyl (C=O) groups is 2. The average Bonchev–Trinajstić information content (AvgIpc) is 2.56. The summed E-state index contributed by atoms with van der Waals surface area (Å²) >= 11 is 0. The first-order chi connectivity index (χ1) is 12.8. The molecular formula is C19H30F6O4. The molecule has 0 rings (SSSR count). The van der Waals surface area contributed by atoms with Crippen LogP contribution in [0.4, 0.5) is 26.3 Å². The number of esters is 2. The van der Waals surface area contributed by atoms with Gasteiger partial charge in [-0.25, -0.2) is 0 Å². The summed E-state index contributed by atoms with van der Waals surface area (Å²) in [6.45, 7) is 11.8. The van der Waals surface area contributed by atoms with Gasteiger partial charge >= 0.3 is 24.3 Å². The summed E-state index contributed by atoms with van der Waals surface area (Å²) in [6, 6.07) is 0. The highest BCUT2D eigenvalue weighted by Gasteiger charge is 2.60. The second-order valence-electron chi connectivity index (χ2n) is 8.25. The Labute approximate surface area is 167 Å². The maximum atomic E-state index is 12.9. The lowest BCUT2D eigenvalue weighted by Gasteiger charge is -2.43. The van der Waals surface area contributed by atoms with Crippen LogP contribution in [0.3, 0.4) is 0 Å². The Hall–Kier alpha value is -1.48. The van der Waals surface area contributed by atoms with Gasteiger partial charge in [0.25, 0.3) is 6.10 Å². The van der Waals surface area contributed by atoms with Gasteiger partial charge in [0, 0.05) is 0 Å². The molecule has 0 bridgehead atoms. The van der Waals surface area contributed by atoms with E-state index < -0.39 is 53.2 Å². The van der Waals surface area contributed by atoms with Gasteiger partial charge in [-0.3, -0.25) is 9.59 Å². The largest absolute Gasteiger partial charge is 0.458 e. The van der Waals surface area contributed by atoms with E-state index in [9.17, 15) is 35.9 Å². The zero-order valence-corrected chi connectivity index (χ0v) is 17.8. The number of carbonyl (C=O) groups excluding carboxylic acids is 2. The number of alkyl halides is 6. The van der Waals surface area contributed by atoms with Crippen LogP contribution in [0.2, 0.25) is 0 Å². The minimum absolute atomic E-state index is 0.0110. The molecule has 0 amide bonds. The zero-order valence-electron chi connectivity index (χ0n) is 17.8. The molecule has 0 aromatic carbocycles. The van der Waals surface area contributed by atoms with Gasteiger partial charge in [-0.05, 0) is 38.5 Å². The van der Waals surface area contributed by atoms with E-state index in [0.29, 0.717) is 12.8 Å². The second-order valence-corrected chi connectivity index (χ2v) is 8.25. The predicted molar refractivity (Wildman–Crippen MR) is 93.9 cm³/mol. The summed E-state index contributed by atoms with van der Waals surface area (Å²) in [5.74, 6) is -2.43. The third-order valence-corrected chi connectivity index (χ3v) is 5.98. The standard InChI is InChI=1S/C19H30F6O4/c1-8-15(4,5)17(7,10-3)14(27)29-16(6,9-2)11-12(26)28-13(18(20,21)22)19(23,24)25/h13H,8-11H2,1-7H3. The van der Waals surface area contributed by atoms with Gasteiger partial charge in [0.05, 0.1) is 11.8 Å². The van der Waals surface area contributed by atoms with Crippen molar-refractivity contribution in [2.45, 2.75) is 98.2 Å². The number of hydrogen-bond donors (Lipinski definition) is 0. The number of rotatable bonds is 9. The van der Waals surface area contributed by atoms with Crippen molar-refractivity contribution in [1.82, 2.24) is 0 Å². The van der Waals surface area contributed by atoms with Crippen LogP contribution in [0.25, 0.3) is 0 Å². The number of hydrogen-bond acceptors (Lipinski definition) is 4. The van der Waals surface area contributed by atoms with Crippen LogP contribution in [-0.2, 0) is 19.1 Å². The molecule has 0 N–H and O–H groups in total. The van der Waals surface area contributed by atoms with E-state index in [1.807, 2.05) is 20.8 Å². The van der Waals surface area contributed by atoms with E-state index in [-0.39, 0.29) is 6.42 Å². The average molecular weight is 436 g/mol. The van der Waals surface area contributed by atoms with Gasteiger partial charge in [-0.1, -0.05) is 34.6 Å². The lowest BCUT2D eigenvalue weighted by molar-refractivity contribution is -0.314. The Kier molecular flexibility index (Phi) is 8.65. The normalized spacial score (nSPS) is 17.4. The molecule has 4 nitrogen and oxygen atoms in total. The van der Waals surface area contributed by atoms with E-state index in [0.717, 1.165) is 0 Å². The minimum atomic E-state index is -5.81. The van der Waals surface area contributed by atoms with Crippen LogP contribution in [0.1, 0.15) is 74.1 Å². The summed E-state index contributed by atoms with van der Waals surface area (Å²) in [4.78, 5) is 24.7. The van der Waals surface area contributed by atoms with Crippen molar-refractivity contribution in [3.05, 3.63) is 0 Å². The van der Waals surface area contributed by atoms with Crippen LogP contribution < -0.4 is 0 Å². The molecular weight excluding hydrogens is 406 g/mol. The smallest absolute Gasteiger partial charge is 0.434 e. The van der Waals surface area contributed by atoms with Gasteiger partial charge in [0.15, 0.2) is 0 Å². The monoisotopic (exact) mass is 436 g/mol. The Morgan fingerprint density at radius 2 is 1.24 bits per heavy atom. The highest BCUT2D eigenvalue weighted by molar-refractivity contribution is 5.79. The number of ether oxygens (including phenoxy) is 2. The zero-order chi connectivity index (χ0) is 23.5. The molecule has 2 atom stereocenters. The third-order valence-electron chi connectivity index (χ3n) is 5.98. The number of halogens is 6. The van der Waals surface area contributed by atoms with Gasteiger partial charge in [-0.15, -0.1) is 0 Å². The van der Waals surface area contributed by atoms with E-state index in [4.69, 9.17) is 4.74 Å². The van der Waals surface area contributed by atoms with Gasteiger partial charge < -0.3 is 9.47 Å². The first-order valence-corrected chi connectivity index (χ1v) is 9.36. The molecule has 29 heavy (non-hydrogen) atoms. The lowest BCUT2D eigenvalue weighted by atomic mass is 9.63. The molecule has 2 unspecified atom stereocenters. The summed E-state index contributed by atoms with van der Waals surface area (Å²) in [7, 11) is 0.